The van der Waals surface area contributed by atoms with Crippen LogP contribution in [0.25, 0.3) is 11.1 Å². The Bertz CT molecular complexity index is 1350. The van der Waals surface area contributed by atoms with Crippen molar-refractivity contribution in [2.24, 2.45) is 0 Å². The molecule has 0 saturated heterocycles. The van der Waals surface area contributed by atoms with E-state index < -0.39 is 23.5 Å². The van der Waals surface area contributed by atoms with Gasteiger partial charge in [-0.3, -0.25) is 4.98 Å². The standard InChI is InChI=1S/C27H22ClF4NO3/c1-15-22(26(34)35-2)10-17(13-33-15)20-4-3-5-21(20)23-11-18(27(30,31)32)7-9-25(23)36-14-16-6-8-19(28)12-24(16)29/h6-13H,3-5,14H2,1-2H3. The Hall–Kier alpha value is -3.39. The predicted molar refractivity (Wildman–Crippen MR) is 128 cm³/mol. The molecule has 1 aliphatic rings. The molecule has 36 heavy (non-hydrogen) atoms. The highest BCUT2D eigenvalue weighted by atomic mass is 35.5. The molecule has 0 amide bonds. The summed E-state index contributed by atoms with van der Waals surface area (Å²) in [6.45, 7) is 1.48. The average Bonchev–Trinajstić information content (AvgIpc) is 3.32. The molecule has 4 rings (SSSR count). The molecule has 0 N–H and O–H groups in total. The quantitative estimate of drug-likeness (QED) is 0.248. The number of nitrogens with zero attached hydrogens (tertiary/aromatic N) is 1. The summed E-state index contributed by atoms with van der Waals surface area (Å²) >= 11 is 5.80. The molecule has 0 bridgehead atoms. The van der Waals surface area contributed by atoms with Crippen molar-refractivity contribution < 1.29 is 31.8 Å². The van der Waals surface area contributed by atoms with Gasteiger partial charge in [0.05, 0.1) is 23.9 Å². The van der Waals surface area contributed by atoms with Crippen LogP contribution in [0, 0.1) is 12.7 Å². The van der Waals surface area contributed by atoms with Crippen LogP contribution in [0.5, 0.6) is 5.75 Å². The van der Waals surface area contributed by atoms with Gasteiger partial charge >= 0.3 is 12.1 Å². The van der Waals surface area contributed by atoms with Gasteiger partial charge in [0.2, 0.25) is 0 Å². The van der Waals surface area contributed by atoms with Crippen LogP contribution in [-0.2, 0) is 17.5 Å². The minimum atomic E-state index is -4.56. The highest BCUT2D eigenvalue weighted by Gasteiger charge is 2.32. The number of esters is 1. The highest BCUT2D eigenvalue weighted by Crippen LogP contribution is 2.45. The van der Waals surface area contributed by atoms with E-state index in [4.69, 9.17) is 21.1 Å². The predicted octanol–water partition coefficient (Wildman–Crippen LogP) is 7.66. The largest absolute Gasteiger partial charge is 0.488 e. The van der Waals surface area contributed by atoms with E-state index >= 15 is 0 Å². The van der Waals surface area contributed by atoms with Gasteiger partial charge in [0.15, 0.2) is 0 Å². The van der Waals surface area contributed by atoms with Crippen molar-refractivity contribution in [2.45, 2.75) is 39.0 Å². The Morgan fingerprint density at radius 3 is 2.53 bits per heavy atom. The smallest absolute Gasteiger partial charge is 0.416 e. The summed E-state index contributed by atoms with van der Waals surface area (Å²) in [6, 6.07) is 9.01. The van der Waals surface area contributed by atoms with Crippen molar-refractivity contribution in [1.29, 1.82) is 0 Å². The van der Waals surface area contributed by atoms with E-state index in [1.54, 1.807) is 19.2 Å². The number of carbonyl (C=O) groups excluding carboxylic acids is 1. The van der Waals surface area contributed by atoms with Crippen LogP contribution in [0.15, 0.2) is 48.7 Å². The lowest BCUT2D eigenvalue weighted by molar-refractivity contribution is -0.137. The van der Waals surface area contributed by atoms with Crippen molar-refractivity contribution in [3.8, 4) is 5.75 Å². The summed E-state index contributed by atoms with van der Waals surface area (Å²) in [7, 11) is 1.27. The first-order valence-electron chi connectivity index (χ1n) is 11.1. The molecule has 3 aromatic rings. The fourth-order valence-electron chi connectivity index (χ4n) is 4.24. The van der Waals surface area contributed by atoms with Gasteiger partial charge in [-0.2, -0.15) is 13.2 Å². The first-order chi connectivity index (χ1) is 17.1. The molecule has 0 spiro atoms. The lowest BCUT2D eigenvalue weighted by Gasteiger charge is -2.17. The SMILES string of the molecule is COC(=O)c1cc(C2=C(c3cc(C(F)(F)F)ccc3OCc3ccc(Cl)cc3F)CCC2)cnc1C. The second kappa shape index (κ2) is 10.3. The minimum Gasteiger partial charge on any atom is -0.488 e. The molecule has 4 nitrogen and oxygen atoms in total. The van der Waals surface area contributed by atoms with E-state index in [2.05, 4.69) is 4.98 Å². The zero-order chi connectivity index (χ0) is 26.0. The number of benzene rings is 2. The minimum absolute atomic E-state index is 0.192. The number of hydrogen-bond acceptors (Lipinski definition) is 4. The van der Waals surface area contributed by atoms with E-state index in [1.807, 2.05) is 0 Å². The van der Waals surface area contributed by atoms with Crippen LogP contribution in [0.3, 0.4) is 0 Å². The summed E-state index contributed by atoms with van der Waals surface area (Å²) in [4.78, 5) is 16.5. The van der Waals surface area contributed by atoms with Crippen molar-refractivity contribution in [2.75, 3.05) is 7.11 Å². The normalized spacial score (nSPS) is 13.8. The number of carbonyl (C=O) groups is 1. The van der Waals surface area contributed by atoms with E-state index in [-0.39, 0.29) is 34.1 Å². The molecule has 9 heteroatoms. The van der Waals surface area contributed by atoms with Crippen LogP contribution in [0.4, 0.5) is 17.6 Å². The molecular formula is C27H22ClF4NO3. The first kappa shape index (κ1) is 25.7. The number of methoxy groups -OCH3 is 1. The number of halogens is 5. The third-order valence-corrected chi connectivity index (χ3v) is 6.32. The topological polar surface area (TPSA) is 48.4 Å². The monoisotopic (exact) mass is 519 g/mol. The molecular weight excluding hydrogens is 498 g/mol. The lowest BCUT2D eigenvalue weighted by atomic mass is 9.94. The number of alkyl halides is 3. The van der Waals surface area contributed by atoms with Gasteiger partial charge in [0, 0.05) is 22.3 Å². The number of hydrogen-bond donors (Lipinski definition) is 0. The van der Waals surface area contributed by atoms with Crippen LogP contribution >= 0.6 is 11.6 Å². The van der Waals surface area contributed by atoms with Crippen molar-refractivity contribution >= 4 is 28.7 Å². The maximum absolute atomic E-state index is 14.3. The Balaban J connectivity index is 1.80. The Morgan fingerprint density at radius 2 is 1.83 bits per heavy atom. The van der Waals surface area contributed by atoms with Crippen molar-refractivity contribution in [1.82, 2.24) is 4.98 Å². The number of rotatable bonds is 6. The van der Waals surface area contributed by atoms with Gasteiger partial charge in [0.25, 0.3) is 0 Å². The third-order valence-electron chi connectivity index (χ3n) is 6.09. The molecule has 2 aromatic carbocycles. The highest BCUT2D eigenvalue weighted by molar-refractivity contribution is 6.30. The number of aromatic nitrogens is 1. The molecule has 0 fully saturated rings. The lowest BCUT2D eigenvalue weighted by Crippen LogP contribution is -2.08. The number of ether oxygens (including phenoxy) is 2. The first-order valence-corrected chi connectivity index (χ1v) is 11.5. The molecule has 0 atom stereocenters. The van der Waals surface area contributed by atoms with Gasteiger partial charge in [0.1, 0.15) is 18.2 Å². The Kier molecular flexibility index (Phi) is 7.36. The van der Waals surface area contributed by atoms with Crippen LogP contribution in [0.1, 0.15) is 57.6 Å². The summed E-state index contributed by atoms with van der Waals surface area (Å²) in [5.74, 6) is -0.923. The van der Waals surface area contributed by atoms with Crippen molar-refractivity contribution in [3.63, 3.8) is 0 Å². The molecule has 188 valence electrons. The maximum atomic E-state index is 14.3. The zero-order valence-corrected chi connectivity index (χ0v) is 20.3. The second-order valence-electron chi connectivity index (χ2n) is 8.39. The van der Waals surface area contributed by atoms with Crippen LogP contribution < -0.4 is 4.74 Å². The number of aryl methyl sites for hydroxylation is 1. The number of allylic oxidation sites excluding steroid dienone is 2. The summed E-state index contributed by atoms with van der Waals surface area (Å²) < 4.78 is 65.7. The van der Waals surface area contributed by atoms with E-state index in [0.29, 0.717) is 36.1 Å². The molecule has 1 heterocycles. The second-order valence-corrected chi connectivity index (χ2v) is 8.83. The van der Waals surface area contributed by atoms with Crippen LogP contribution in [0.2, 0.25) is 5.02 Å². The van der Waals surface area contributed by atoms with E-state index in [9.17, 15) is 22.4 Å². The molecule has 0 saturated carbocycles. The van der Waals surface area contributed by atoms with Crippen molar-refractivity contribution in [3.05, 3.63) is 93.0 Å². The van der Waals surface area contributed by atoms with Crippen LogP contribution in [-0.4, -0.2) is 18.1 Å². The average molecular weight is 520 g/mol. The molecule has 1 aliphatic carbocycles. The molecule has 0 aliphatic heterocycles. The molecule has 1 aromatic heterocycles. The molecule has 0 unspecified atom stereocenters. The fraction of sp³-hybridized carbons (Fsp3) is 0.259. The fourth-order valence-corrected chi connectivity index (χ4v) is 4.40. The van der Waals surface area contributed by atoms with Gasteiger partial charge in [-0.1, -0.05) is 17.7 Å². The maximum Gasteiger partial charge on any atom is 0.416 e. The summed E-state index contributed by atoms with van der Waals surface area (Å²) in [5, 5.41) is 0.227. The van der Waals surface area contributed by atoms with Gasteiger partial charge in [-0.05, 0) is 79.3 Å². The van der Waals surface area contributed by atoms with E-state index in [0.717, 1.165) is 23.8 Å². The van der Waals surface area contributed by atoms with E-state index in [1.165, 1.54) is 25.3 Å². The van der Waals surface area contributed by atoms with Gasteiger partial charge in [-0.25, -0.2) is 9.18 Å². The van der Waals surface area contributed by atoms with Gasteiger partial charge in [-0.15, -0.1) is 0 Å². The number of pyridine rings is 1. The molecule has 0 radical (unpaired) electrons. The summed E-state index contributed by atoms with van der Waals surface area (Å²) in [5.41, 5.74) is 2.50. The summed E-state index contributed by atoms with van der Waals surface area (Å²) in [6.07, 6.45) is -1.17. The Labute approximate surface area is 210 Å². The zero-order valence-electron chi connectivity index (χ0n) is 19.5. The Morgan fingerprint density at radius 1 is 1.08 bits per heavy atom. The van der Waals surface area contributed by atoms with Gasteiger partial charge < -0.3 is 9.47 Å². The third kappa shape index (κ3) is 5.38.